The van der Waals surface area contributed by atoms with Crippen LogP contribution in [-0.2, 0) is 0 Å². The van der Waals surface area contributed by atoms with Crippen molar-refractivity contribution in [3.05, 3.63) is 47.0 Å². The second-order valence-corrected chi connectivity index (χ2v) is 5.24. The number of nitrogens with one attached hydrogen (secondary N) is 2. The fourth-order valence-electron chi connectivity index (χ4n) is 1.96. The number of H-pyrrole nitrogens is 1. The Morgan fingerprint density at radius 1 is 1.33 bits per heavy atom. The Labute approximate surface area is 128 Å². The molecule has 0 radical (unpaired) electrons. The Morgan fingerprint density at radius 3 is 3.00 bits per heavy atom. The Morgan fingerprint density at radius 2 is 2.19 bits per heavy atom. The van der Waals surface area contributed by atoms with Gasteiger partial charge in [0.2, 0.25) is 0 Å². The number of halogens is 1. The molecule has 0 aromatic carbocycles. The summed E-state index contributed by atoms with van der Waals surface area (Å²) in [6.45, 7) is 0. The quantitative estimate of drug-likeness (QED) is 0.763. The minimum absolute atomic E-state index is 0.240. The van der Waals surface area contributed by atoms with E-state index in [0.29, 0.717) is 22.6 Å². The summed E-state index contributed by atoms with van der Waals surface area (Å²) >= 11 is 3.35. The number of aromatic amines is 1. The first-order chi connectivity index (χ1) is 10.2. The molecule has 0 spiro atoms. The van der Waals surface area contributed by atoms with Crippen molar-refractivity contribution in [1.29, 1.82) is 0 Å². The predicted molar refractivity (Wildman–Crippen MR) is 82.5 cm³/mol. The van der Waals surface area contributed by atoms with E-state index in [0.717, 1.165) is 9.86 Å². The molecule has 1 amide bonds. The topological polar surface area (TPSA) is 79.9 Å². The minimum Gasteiger partial charge on any atom is -0.495 e. The summed E-state index contributed by atoms with van der Waals surface area (Å²) in [5, 5.41) is 3.53. The zero-order chi connectivity index (χ0) is 14.8. The molecule has 3 aromatic heterocycles. The van der Waals surface area contributed by atoms with E-state index in [1.165, 1.54) is 0 Å². The minimum atomic E-state index is -0.240. The highest BCUT2D eigenvalue weighted by atomic mass is 79.9. The third-order valence-corrected chi connectivity index (χ3v) is 3.38. The van der Waals surface area contributed by atoms with Gasteiger partial charge in [-0.25, -0.2) is 4.98 Å². The molecule has 6 nitrogen and oxygen atoms in total. The Balaban J connectivity index is 1.91. The lowest BCUT2D eigenvalue weighted by atomic mass is 10.2. The van der Waals surface area contributed by atoms with Gasteiger partial charge in [-0.15, -0.1) is 0 Å². The maximum Gasteiger partial charge on any atom is 0.257 e. The molecular formula is C14H11BrN4O2. The summed E-state index contributed by atoms with van der Waals surface area (Å²) < 4.78 is 5.89. The standard InChI is InChI=1S/C14H11BrN4O2/c1-21-10-3-9(5-16-6-10)19-14(20)12-7-18-13-11(12)2-8(15)4-17-13/h2-7H,1H3,(H,17,18)(H,19,20). The number of pyridine rings is 2. The Bertz CT molecular complexity index is 816. The fraction of sp³-hybridized carbons (Fsp3) is 0.0714. The number of methoxy groups -OCH3 is 1. The molecule has 0 atom stereocenters. The SMILES string of the molecule is COc1cncc(NC(=O)c2c[nH]c3ncc(Br)cc23)c1. The van der Waals surface area contributed by atoms with Crippen LogP contribution in [0, 0.1) is 0 Å². The Kier molecular flexibility index (Phi) is 3.57. The number of nitrogens with zero attached hydrogens (tertiary/aromatic N) is 2. The van der Waals surface area contributed by atoms with Crippen molar-refractivity contribution in [2.45, 2.75) is 0 Å². The highest BCUT2D eigenvalue weighted by Crippen LogP contribution is 2.22. The van der Waals surface area contributed by atoms with Crippen molar-refractivity contribution in [3.63, 3.8) is 0 Å². The summed E-state index contributed by atoms with van der Waals surface area (Å²) in [6, 6.07) is 3.55. The molecule has 0 bridgehead atoms. The van der Waals surface area contributed by atoms with Crippen molar-refractivity contribution < 1.29 is 9.53 Å². The molecule has 0 aliphatic heterocycles. The third kappa shape index (κ3) is 2.73. The number of ether oxygens (including phenoxy) is 1. The van der Waals surface area contributed by atoms with E-state index in [2.05, 4.69) is 36.2 Å². The first-order valence-corrected chi connectivity index (χ1v) is 6.89. The maximum atomic E-state index is 12.4. The van der Waals surface area contributed by atoms with Gasteiger partial charge in [0.1, 0.15) is 11.4 Å². The number of carbonyl (C=O) groups is 1. The first-order valence-electron chi connectivity index (χ1n) is 6.10. The second kappa shape index (κ2) is 5.53. The van der Waals surface area contributed by atoms with Gasteiger partial charge in [-0.2, -0.15) is 0 Å². The van der Waals surface area contributed by atoms with Crippen LogP contribution >= 0.6 is 15.9 Å². The van der Waals surface area contributed by atoms with E-state index in [-0.39, 0.29) is 5.91 Å². The summed E-state index contributed by atoms with van der Waals surface area (Å²) in [5.41, 5.74) is 1.74. The van der Waals surface area contributed by atoms with E-state index < -0.39 is 0 Å². The van der Waals surface area contributed by atoms with Crippen LogP contribution in [0.15, 0.2) is 41.4 Å². The molecule has 0 unspecified atom stereocenters. The molecule has 3 heterocycles. The molecule has 0 saturated heterocycles. The van der Waals surface area contributed by atoms with Crippen LogP contribution in [0.5, 0.6) is 5.75 Å². The molecule has 0 saturated carbocycles. The van der Waals surface area contributed by atoms with Gasteiger partial charge in [-0.3, -0.25) is 9.78 Å². The summed E-state index contributed by atoms with van der Waals surface area (Å²) in [7, 11) is 1.55. The van der Waals surface area contributed by atoms with Gasteiger partial charge < -0.3 is 15.0 Å². The lowest BCUT2D eigenvalue weighted by molar-refractivity contribution is 0.102. The Hall–Kier alpha value is -2.41. The van der Waals surface area contributed by atoms with Crippen LogP contribution in [0.3, 0.4) is 0 Å². The predicted octanol–water partition coefficient (Wildman–Crippen LogP) is 2.98. The molecule has 0 aliphatic carbocycles. The van der Waals surface area contributed by atoms with Crippen molar-refractivity contribution in [2.24, 2.45) is 0 Å². The lowest BCUT2D eigenvalue weighted by Crippen LogP contribution is -2.11. The van der Waals surface area contributed by atoms with Gasteiger partial charge in [0.15, 0.2) is 0 Å². The monoisotopic (exact) mass is 346 g/mol. The van der Waals surface area contributed by atoms with Crippen molar-refractivity contribution in [1.82, 2.24) is 15.0 Å². The van der Waals surface area contributed by atoms with Crippen molar-refractivity contribution >= 4 is 38.6 Å². The van der Waals surface area contributed by atoms with Crippen LogP contribution in [0.1, 0.15) is 10.4 Å². The molecule has 0 aliphatic rings. The number of fused-ring (bicyclic) bond motifs is 1. The van der Waals surface area contributed by atoms with Crippen LogP contribution in [0.4, 0.5) is 5.69 Å². The molecule has 2 N–H and O–H groups in total. The van der Waals surface area contributed by atoms with Crippen LogP contribution in [-0.4, -0.2) is 28.0 Å². The van der Waals surface area contributed by atoms with Gasteiger partial charge >= 0.3 is 0 Å². The van der Waals surface area contributed by atoms with E-state index in [1.807, 2.05) is 6.07 Å². The van der Waals surface area contributed by atoms with Crippen LogP contribution in [0.2, 0.25) is 0 Å². The molecule has 21 heavy (non-hydrogen) atoms. The van der Waals surface area contributed by atoms with Crippen molar-refractivity contribution in [2.75, 3.05) is 12.4 Å². The van der Waals surface area contributed by atoms with Gasteiger partial charge in [0, 0.05) is 28.3 Å². The normalized spacial score (nSPS) is 10.6. The summed E-state index contributed by atoms with van der Waals surface area (Å²) in [6.07, 6.45) is 6.44. The van der Waals surface area contributed by atoms with E-state index in [1.54, 1.807) is 38.0 Å². The zero-order valence-corrected chi connectivity index (χ0v) is 12.6. The summed E-state index contributed by atoms with van der Waals surface area (Å²) in [4.78, 5) is 23.5. The van der Waals surface area contributed by atoms with E-state index in [4.69, 9.17) is 4.74 Å². The number of anilines is 1. The average molecular weight is 347 g/mol. The number of hydrogen-bond acceptors (Lipinski definition) is 4. The maximum absolute atomic E-state index is 12.4. The van der Waals surface area contributed by atoms with Crippen molar-refractivity contribution in [3.8, 4) is 5.75 Å². The highest BCUT2D eigenvalue weighted by molar-refractivity contribution is 9.10. The van der Waals surface area contributed by atoms with Gasteiger partial charge in [-0.05, 0) is 22.0 Å². The number of hydrogen-bond donors (Lipinski definition) is 2. The number of rotatable bonds is 3. The highest BCUT2D eigenvalue weighted by Gasteiger charge is 2.13. The van der Waals surface area contributed by atoms with E-state index in [9.17, 15) is 4.79 Å². The number of aromatic nitrogens is 3. The van der Waals surface area contributed by atoms with Crippen LogP contribution < -0.4 is 10.1 Å². The van der Waals surface area contributed by atoms with Gasteiger partial charge in [-0.1, -0.05) is 0 Å². The average Bonchev–Trinajstić information content (AvgIpc) is 2.90. The van der Waals surface area contributed by atoms with Crippen LogP contribution in [0.25, 0.3) is 11.0 Å². The smallest absolute Gasteiger partial charge is 0.257 e. The first kappa shape index (κ1) is 13.6. The van der Waals surface area contributed by atoms with Gasteiger partial charge in [0.25, 0.3) is 5.91 Å². The summed E-state index contributed by atoms with van der Waals surface area (Å²) in [5.74, 6) is 0.340. The molecule has 3 aromatic rings. The molecular weight excluding hydrogens is 336 g/mol. The lowest BCUT2D eigenvalue weighted by Gasteiger charge is -2.05. The molecule has 7 heteroatoms. The zero-order valence-electron chi connectivity index (χ0n) is 11.1. The third-order valence-electron chi connectivity index (χ3n) is 2.95. The van der Waals surface area contributed by atoms with Gasteiger partial charge in [0.05, 0.1) is 30.8 Å². The largest absolute Gasteiger partial charge is 0.495 e. The molecule has 3 rings (SSSR count). The number of amides is 1. The van der Waals surface area contributed by atoms with E-state index >= 15 is 0 Å². The molecule has 106 valence electrons. The fourth-order valence-corrected chi connectivity index (χ4v) is 2.29. The molecule has 0 fully saturated rings. The second-order valence-electron chi connectivity index (χ2n) is 4.32. The number of carbonyl (C=O) groups excluding carboxylic acids is 1.